The molecule has 1 N–H and O–H groups in total. The Balaban J connectivity index is 2.00. The van der Waals surface area contributed by atoms with Crippen LogP contribution >= 0.6 is 0 Å². The van der Waals surface area contributed by atoms with Crippen LogP contribution in [0.25, 0.3) is 0 Å². The van der Waals surface area contributed by atoms with Crippen LogP contribution in [0.2, 0.25) is 0 Å². The third-order valence-corrected chi connectivity index (χ3v) is 4.10. The van der Waals surface area contributed by atoms with Gasteiger partial charge in [0.25, 0.3) is 0 Å². The van der Waals surface area contributed by atoms with Gasteiger partial charge in [0, 0.05) is 18.1 Å². The van der Waals surface area contributed by atoms with Crippen molar-refractivity contribution in [1.29, 1.82) is 0 Å². The van der Waals surface area contributed by atoms with Crippen LogP contribution in [0, 0.1) is 11.2 Å². The Morgan fingerprint density at radius 1 is 1.10 bits per heavy atom. The predicted molar refractivity (Wildman–Crippen MR) is 74.8 cm³/mol. The maximum Gasteiger partial charge on any atom is 0.224 e. The van der Waals surface area contributed by atoms with Gasteiger partial charge in [0.1, 0.15) is 5.82 Å². The van der Waals surface area contributed by atoms with Crippen LogP contribution < -0.4 is 10.4 Å². The predicted octanol–water partition coefficient (Wildman–Crippen LogP) is 2.24. The number of benzene rings is 1. The number of anilines is 1. The molecule has 1 aliphatic rings. The summed E-state index contributed by atoms with van der Waals surface area (Å²) in [7, 11) is 0. The summed E-state index contributed by atoms with van der Waals surface area (Å²) in [4.78, 5) is 23.1. The van der Waals surface area contributed by atoms with E-state index in [2.05, 4.69) is 5.32 Å². The Bertz CT molecular complexity index is 507. The first-order valence-electron chi connectivity index (χ1n) is 7.24. The minimum Gasteiger partial charge on any atom is -0.550 e. The second kappa shape index (κ2) is 6.70. The van der Waals surface area contributed by atoms with E-state index < -0.39 is 11.4 Å². The van der Waals surface area contributed by atoms with Crippen molar-refractivity contribution in [2.45, 2.75) is 44.9 Å². The standard InChI is InChI=1S/C16H20FNO3/c17-12-4-6-13(7-5-12)18-14(19)10-16(11-15(20)21)8-2-1-3-9-16/h4-7H,1-3,8-11H2,(H,18,19)(H,20,21)/p-1. The first-order chi connectivity index (χ1) is 9.99. The molecule has 0 saturated heterocycles. The number of aliphatic carboxylic acids is 1. The van der Waals surface area contributed by atoms with E-state index >= 15 is 0 Å². The van der Waals surface area contributed by atoms with Crippen molar-refractivity contribution in [2.75, 3.05) is 5.32 Å². The largest absolute Gasteiger partial charge is 0.550 e. The zero-order chi connectivity index (χ0) is 15.3. The molecule has 1 saturated carbocycles. The summed E-state index contributed by atoms with van der Waals surface area (Å²) in [6.45, 7) is 0. The maximum absolute atomic E-state index is 12.8. The van der Waals surface area contributed by atoms with Gasteiger partial charge >= 0.3 is 0 Å². The van der Waals surface area contributed by atoms with E-state index in [1.165, 1.54) is 24.3 Å². The molecule has 0 unspecified atom stereocenters. The highest BCUT2D eigenvalue weighted by Gasteiger charge is 2.34. The summed E-state index contributed by atoms with van der Waals surface area (Å²) in [6.07, 6.45) is 4.51. The van der Waals surface area contributed by atoms with E-state index in [-0.39, 0.29) is 24.6 Å². The van der Waals surface area contributed by atoms with Gasteiger partial charge in [-0.3, -0.25) is 4.79 Å². The van der Waals surface area contributed by atoms with Crippen LogP contribution in [0.1, 0.15) is 44.9 Å². The van der Waals surface area contributed by atoms with Crippen LogP contribution in [-0.2, 0) is 9.59 Å². The number of carbonyl (C=O) groups excluding carboxylic acids is 2. The van der Waals surface area contributed by atoms with Crippen molar-refractivity contribution in [1.82, 2.24) is 0 Å². The fourth-order valence-electron chi connectivity index (χ4n) is 3.10. The molecule has 1 aromatic carbocycles. The lowest BCUT2D eigenvalue weighted by atomic mass is 9.69. The van der Waals surface area contributed by atoms with Gasteiger partial charge < -0.3 is 15.2 Å². The second-order valence-corrected chi connectivity index (χ2v) is 5.84. The first-order valence-corrected chi connectivity index (χ1v) is 7.24. The van der Waals surface area contributed by atoms with Crippen molar-refractivity contribution in [3.8, 4) is 0 Å². The lowest BCUT2D eigenvalue weighted by molar-refractivity contribution is -0.308. The molecule has 5 heteroatoms. The molecule has 2 rings (SSSR count). The molecule has 4 nitrogen and oxygen atoms in total. The number of rotatable bonds is 5. The number of carboxylic acid groups (broad SMARTS) is 1. The van der Waals surface area contributed by atoms with E-state index in [1.807, 2.05) is 0 Å². The van der Waals surface area contributed by atoms with Gasteiger partial charge in [-0.15, -0.1) is 0 Å². The van der Waals surface area contributed by atoms with Crippen molar-refractivity contribution < 1.29 is 19.1 Å². The fourth-order valence-corrected chi connectivity index (χ4v) is 3.10. The van der Waals surface area contributed by atoms with Gasteiger partial charge in [-0.2, -0.15) is 0 Å². The molecule has 21 heavy (non-hydrogen) atoms. The van der Waals surface area contributed by atoms with Gasteiger partial charge in [-0.25, -0.2) is 4.39 Å². The molecular weight excluding hydrogens is 273 g/mol. The van der Waals surface area contributed by atoms with E-state index in [0.29, 0.717) is 5.69 Å². The van der Waals surface area contributed by atoms with Crippen LogP contribution in [0.3, 0.4) is 0 Å². The number of hydrogen-bond donors (Lipinski definition) is 1. The molecule has 1 aliphatic carbocycles. The van der Waals surface area contributed by atoms with Crippen molar-refractivity contribution in [3.63, 3.8) is 0 Å². The first kappa shape index (κ1) is 15.5. The normalized spacial score (nSPS) is 17.2. The average molecular weight is 292 g/mol. The molecule has 0 bridgehead atoms. The molecular formula is C16H19FNO3-. The lowest BCUT2D eigenvalue weighted by Crippen LogP contribution is -2.36. The smallest absolute Gasteiger partial charge is 0.224 e. The second-order valence-electron chi connectivity index (χ2n) is 5.84. The highest BCUT2D eigenvalue weighted by molar-refractivity contribution is 5.91. The molecule has 1 amide bonds. The summed E-state index contributed by atoms with van der Waals surface area (Å²) >= 11 is 0. The molecule has 0 aliphatic heterocycles. The molecule has 1 aromatic rings. The summed E-state index contributed by atoms with van der Waals surface area (Å²) in [6, 6.07) is 5.51. The fraction of sp³-hybridized carbons (Fsp3) is 0.500. The zero-order valence-corrected chi connectivity index (χ0v) is 11.9. The highest BCUT2D eigenvalue weighted by Crippen LogP contribution is 2.42. The number of carboxylic acids is 1. The number of hydrogen-bond acceptors (Lipinski definition) is 3. The minimum absolute atomic E-state index is 0.0795. The summed E-state index contributed by atoms with van der Waals surface area (Å²) in [5, 5.41) is 13.7. The third kappa shape index (κ3) is 4.55. The van der Waals surface area contributed by atoms with Gasteiger partial charge in [-0.1, -0.05) is 19.3 Å². The van der Waals surface area contributed by atoms with Crippen molar-refractivity contribution in [3.05, 3.63) is 30.1 Å². The molecule has 0 atom stereocenters. The molecule has 0 radical (unpaired) electrons. The summed E-state index contributed by atoms with van der Waals surface area (Å²) < 4.78 is 12.8. The Hall–Kier alpha value is -1.91. The quantitative estimate of drug-likeness (QED) is 0.905. The highest BCUT2D eigenvalue weighted by atomic mass is 19.1. The monoisotopic (exact) mass is 292 g/mol. The molecule has 114 valence electrons. The number of carbonyl (C=O) groups is 2. The van der Waals surface area contributed by atoms with Gasteiger partial charge in [0.2, 0.25) is 5.91 Å². The van der Waals surface area contributed by atoms with Crippen LogP contribution in [0.15, 0.2) is 24.3 Å². The zero-order valence-electron chi connectivity index (χ0n) is 11.9. The average Bonchev–Trinajstić information content (AvgIpc) is 2.41. The Morgan fingerprint density at radius 3 is 2.29 bits per heavy atom. The van der Waals surface area contributed by atoms with Gasteiger partial charge in [0.05, 0.1) is 0 Å². The number of halogens is 1. The van der Waals surface area contributed by atoms with E-state index in [1.54, 1.807) is 0 Å². The maximum atomic E-state index is 12.8. The lowest BCUT2D eigenvalue weighted by Gasteiger charge is -2.37. The Labute approximate surface area is 123 Å². The SMILES string of the molecule is O=C([O-])CC1(CC(=O)Nc2ccc(F)cc2)CCCCC1. The number of amides is 1. The van der Waals surface area contributed by atoms with E-state index in [0.717, 1.165) is 32.1 Å². The number of nitrogens with one attached hydrogen (secondary N) is 1. The van der Waals surface area contributed by atoms with Crippen LogP contribution in [0.4, 0.5) is 10.1 Å². The molecule has 0 spiro atoms. The van der Waals surface area contributed by atoms with Crippen molar-refractivity contribution in [2.24, 2.45) is 5.41 Å². The Kier molecular flexibility index (Phi) is 4.94. The molecule has 1 fully saturated rings. The minimum atomic E-state index is -1.11. The van der Waals surface area contributed by atoms with Crippen LogP contribution in [-0.4, -0.2) is 11.9 Å². The van der Waals surface area contributed by atoms with Gasteiger partial charge in [-0.05, 0) is 48.9 Å². The summed E-state index contributed by atoms with van der Waals surface area (Å²) in [5.41, 5.74) is 0.0158. The van der Waals surface area contributed by atoms with Crippen molar-refractivity contribution >= 4 is 17.6 Å². The van der Waals surface area contributed by atoms with E-state index in [4.69, 9.17) is 0 Å². The topological polar surface area (TPSA) is 69.2 Å². The molecule has 0 heterocycles. The van der Waals surface area contributed by atoms with Gasteiger partial charge in [0.15, 0.2) is 0 Å². The third-order valence-electron chi connectivity index (χ3n) is 4.10. The molecule has 0 aromatic heterocycles. The van der Waals surface area contributed by atoms with Crippen LogP contribution in [0.5, 0.6) is 0 Å². The summed E-state index contributed by atoms with van der Waals surface area (Å²) in [5.74, 6) is -1.70. The van der Waals surface area contributed by atoms with E-state index in [9.17, 15) is 19.1 Å². The Morgan fingerprint density at radius 2 is 1.71 bits per heavy atom.